The molecule has 1 unspecified atom stereocenters. The van der Waals surface area contributed by atoms with E-state index in [4.69, 9.17) is 5.26 Å². The summed E-state index contributed by atoms with van der Waals surface area (Å²) in [5, 5.41) is 11.7. The quantitative estimate of drug-likeness (QED) is 0.878. The van der Waals surface area contributed by atoms with Gasteiger partial charge in [-0.15, -0.1) is 0 Å². The first-order valence-corrected chi connectivity index (χ1v) is 6.32. The average molecular weight is 258 g/mol. The molecular formula is C14H18N4O. The molecule has 0 aliphatic carbocycles. The fraction of sp³-hybridized carbons (Fsp3) is 0.429. The molecule has 1 N–H and O–H groups in total. The zero-order valence-corrected chi connectivity index (χ0v) is 11.3. The molecule has 2 amide bonds. The second-order valence-corrected chi connectivity index (χ2v) is 4.97. The van der Waals surface area contributed by atoms with Crippen LogP contribution in [-0.2, 0) is 0 Å². The molecule has 1 aliphatic rings. The van der Waals surface area contributed by atoms with Crippen LogP contribution in [0, 0.1) is 11.3 Å². The highest BCUT2D eigenvalue weighted by atomic mass is 16.2. The van der Waals surface area contributed by atoms with Gasteiger partial charge in [-0.1, -0.05) is 6.07 Å². The van der Waals surface area contributed by atoms with E-state index in [9.17, 15) is 4.79 Å². The molecule has 1 atom stereocenters. The Balaban J connectivity index is 1.96. The van der Waals surface area contributed by atoms with Crippen LogP contribution in [0.3, 0.4) is 0 Å². The molecule has 100 valence electrons. The van der Waals surface area contributed by atoms with Gasteiger partial charge in [0.2, 0.25) is 0 Å². The molecule has 0 spiro atoms. The number of likely N-dealkylation sites (N-methyl/N-ethyl adjacent to an activating group) is 1. The fourth-order valence-corrected chi connectivity index (χ4v) is 2.22. The topological polar surface area (TPSA) is 59.4 Å². The molecule has 1 heterocycles. The molecule has 5 nitrogen and oxygen atoms in total. The van der Waals surface area contributed by atoms with Crippen LogP contribution in [0.1, 0.15) is 12.0 Å². The minimum Gasteiger partial charge on any atom is -0.323 e. The normalized spacial score (nSPS) is 18.4. The second-order valence-electron chi connectivity index (χ2n) is 4.97. The van der Waals surface area contributed by atoms with Gasteiger partial charge in [-0.3, -0.25) is 0 Å². The van der Waals surface area contributed by atoms with Gasteiger partial charge in [0, 0.05) is 24.8 Å². The van der Waals surface area contributed by atoms with Crippen molar-refractivity contribution in [2.45, 2.75) is 12.5 Å². The average Bonchev–Trinajstić information content (AvgIpc) is 2.89. The highest BCUT2D eigenvalue weighted by Gasteiger charge is 2.27. The van der Waals surface area contributed by atoms with Crippen molar-refractivity contribution in [1.82, 2.24) is 9.80 Å². The Morgan fingerprint density at radius 1 is 1.53 bits per heavy atom. The van der Waals surface area contributed by atoms with E-state index in [1.54, 1.807) is 24.3 Å². The Labute approximate surface area is 113 Å². The Morgan fingerprint density at radius 3 is 2.95 bits per heavy atom. The Kier molecular flexibility index (Phi) is 4.03. The number of nitrogens with one attached hydrogen (secondary N) is 1. The predicted molar refractivity (Wildman–Crippen MR) is 73.8 cm³/mol. The molecule has 2 rings (SSSR count). The van der Waals surface area contributed by atoms with Crippen LogP contribution in [0.15, 0.2) is 24.3 Å². The second kappa shape index (κ2) is 5.72. The molecule has 1 aliphatic heterocycles. The predicted octanol–water partition coefficient (Wildman–Crippen LogP) is 1.73. The number of carbonyl (C=O) groups excluding carboxylic acids is 1. The van der Waals surface area contributed by atoms with Crippen molar-refractivity contribution < 1.29 is 4.79 Å². The maximum absolute atomic E-state index is 12.1. The van der Waals surface area contributed by atoms with Crippen LogP contribution in [-0.4, -0.2) is 49.1 Å². The monoisotopic (exact) mass is 258 g/mol. The zero-order valence-electron chi connectivity index (χ0n) is 11.3. The molecule has 0 saturated carbocycles. The van der Waals surface area contributed by atoms with E-state index in [0.29, 0.717) is 17.3 Å². The van der Waals surface area contributed by atoms with E-state index in [2.05, 4.69) is 16.3 Å². The molecule has 0 radical (unpaired) electrons. The van der Waals surface area contributed by atoms with Crippen LogP contribution >= 0.6 is 0 Å². The third kappa shape index (κ3) is 3.24. The third-order valence-corrected chi connectivity index (χ3v) is 3.42. The summed E-state index contributed by atoms with van der Waals surface area (Å²) < 4.78 is 0. The van der Waals surface area contributed by atoms with Gasteiger partial charge in [0.15, 0.2) is 0 Å². The van der Waals surface area contributed by atoms with Crippen molar-refractivity contribution >= 4 is 11.7 Å². The summed E-state index contributed by atoms with van der Waals surface area (Å²) >= 11 is 0. The van der Waals surface area contributed by atoms with Gasteiger partial charge in [-0.05, 0) is 38.7 Å². The number of anilines is 1. The van der Waals surface area contributed by atoms with Crippen LogP contribution in [0.25, 0.3) is 0 Å². The van der Waals surface area contributed by atoms with Gasteiger partial charge in [0.1, 0.15) is 0 Å². The first-order valence-electron chi connectivity index (χ1n) is 6.32. The summed E-state index contributed by atoms with van der Waals surface area (Å²) in [6.45, 7) is 1.52. The largest absolute Gasteiger partial charge is 0.323 e. The fourth-order valence-electron chi connectivity index (χ4n) is 2.22. The molecular weight excluding hydrogens is 240 g/mol. The van der Waals surface area contributed by atoms with E-state index in [0.717, 1.165) is 19.5 Å². The maximum atomic E-state index is 12.1. The lowest BCUT2D eigenvalue weighted by Gasteiger charge is -2.20. The van der Waals surface area contributed by atoms with Gasteiger partial charge in [-0.2, -0.15) is 5.26 Å². The molecule has 1 saturated heterocycles. The number of hydrogen-bond donors (Lipinski definition) is 1. The molecule has 1 aromatic rings. The lowest BCUT2D eigenvalue weighted by atomic mass is 10.2. The summed E-state index contributed by atoms with van der Waals surface area (Å²) in [7, 11) is 4.06. The Bertz CT molecular complexity index is 506. The van der Waals surface area contributed by atoms with Crippen molar-refractivity contribution in [3.05, 3.63) is 29.8 Å². The first kappa shape index (κ1) is 13.4. The van der Waals surface area contributed by atoms with Gasteiger partial charge in [0.25, 0.3) is 0 Å². The van der Waals surface area contributed by atoms with E-state index >= 15 is 0 Å². The van der Waals surface area contributed by atoms with E-state index in [-0.39, 0.29) is 6.03 Å². The number of benzene rings is 1. The summed E-state index contributed by atoms with van der Waals surface area (Å²) in [4.78, 5) is 16.0. The minimum absolute atomic E-state index is 0.0977. The number of rotatable bonds is 2. The van der Waals surface area contributed by atoms with Crippen molar-refractivity contribution in [3.8, 4) is 6.07 Å². The lowest BCUT2D eigenvalue weighted by molar-refractivity contribution is 0.216. The van der Waals surface area contributed by atoms with Gasteiger partial charge in [-0.25, -0.2) is 4.79 Å². The summed E-state index contributed by atoms with van der Waals surface area (Å²) in [5.74, 6) is 0. The molecule has 1 aromatic carbocycles. The highest BCUT2D eigenvalue weighted by molar-refractivity contribution is 5.89. The van der Waals surface area contributed by atoms with E-state index in [1.807, 2.05) is 19.0 Å². The minimum atomic E-state index is -0.0977. The smallest absolute Gasteiger partial charge is 0.321 e. The molecule has 0 aromatic heterocycles. The van der Waals surface area contributed by atoms with Crippen molar-refractivity contribution in [1.29, 1.82) is 5.26 Å². The number of urea groups is 1. The number of nitrogens with zero attached hydrogens (tertiary/aromatic N) is 3. The van der Waals surface area contributed by atoms with Crippen molar-refractivity contribution in [2.75, 3.05) is 32.5 Å². The SMILES string of the molecule is CN(C)C1CCN(C(=O)Nc2cccc(C#N)c2)C1. The third-order valence-electron chi connectivity index (χ3n) is 3.42. The number of nitriles is 1. The standard InChI is InChI=1S/C14H18N4O/c1-17(2)13-6-7-18(10-13)14(19)16-12-5-3-4-11(8-12)9-15/h3-5,8,13H,6-7,10H2,1-2H3,(H,16,19). The van der Waals surface area contributed by atoms with Gasteiger partial charge in [0.05, 0.1) is 11.6 Å². The highest BCUT2D eigenvalue weighted by Crippen LogP contribution is 2.16. The van der Waals surface area contributed by atoms with Crippen LogP contribution in [0.4, 0.5) is 10.5 Å². The van der Waals surface area contributed by atoms with Crippen molar-refractivity contribution in [3.63, 3.8) is 0 Å². The molecule has 1 fully saturated rings. The number of carbonyl (C=O) groups is 1. The number of amides is 2. The summed E-state index contributed by atoms with van der Waals surface area (Å²) in [5.41, 5.74) is 1.21. The maximum Gasteiger partial charge on any atom is 0.321 e. The summed E-state index contributed by atoms with van der Waals surface area (Å²) in [6.07, 6.45) is 0.999. The first-order chi connectivity index (χ1) is 9.10. The summed E-state index contributed by atoms with van der Waals surface area (Å²) in [6, 6.07) is 9.34. The molecule has 5 heteroatoms. The Hall–Kier alpha value is -2.06. The molecule has 19 heavy (non-hydrogen) atoms. The van der Waals surface area contributed by atoms with E-state index in [1.165, 1.54) is 0 Å². The molecule has 0 bridgehead atoms. The number of likely N-dealkylation sites (tertiary alicyclic amines) is 1. The van der Waals surface area contributed by atoms with Crippen LogP contribution < -0.4 is 5.32 Å². The van der Waals surface area contributed by atoms with Gasteiger partial charge < -0.3 is 15.1 Å². The Morgan fingerprint density at radius 2 is 2.32 bits per heavy atom. The zero-order chi connectivity index (χ0) is 13.8. The van der Waals surface area contributed by atoms with Crippen LogP contribution in [0.5, 0.6) is 0 Å². The number of hydrogen-bond acceptors (Lipinski definition) is 3. The van der Waals surface area contributed by atoms with Gasteiger partial charge >= 0.3 is 6.03 Å². The van der Waals surface area contributed by atoms with Crippen molar-refractivity contribution in [2.24, 2.45) is 0 Å². The van der Waals surface area contributed by atoms with Crippen LogP contribution in [0.2, 0.25) is 0 Å². The lowest BCUT2D eigenvalue weighted by Crippen LogP contribution is -2.36. The van der Waals surface area contributed by atoms with E-state index < -0.39 is 0 Å².